The maximum atomic E-state index is 13.4. The number of halogens is 2. The number of hydrogen-bond donors (Lipinski definition) is 2. The third-order valence-corrected chi connectivity index (χ3v) is 6.74. The zero-order valence-corrected chi connectivity index (χ0v) is 21.4. The van der Waals surface area contributed by atoms with Gasteiger partial charge in [0.05, 0.1) is 48.6 Å². The minimum atomic E-state index is -0.377. The van der Waals surface area contributed by atoms with Crippen LogP contribution in [0.25, 0.3) is 22.2 Å². The van der Waals surface area contributed by atoms with E-state index >= 15 is 0 Å². The number of anilines is 1. The molecular formula is C24H25Cl2N5O5. The first-order valence-corrected chi connectivity index (χ1v) is 11.8. The van der Waals surface area contributed by atoms with Gasteiger partial charge in [0.15, 0.2) is 0 Å². The van der Waals surface area contributed by atoms with Crippen molar-refractivity contribution in [1.82, 2.24) is 19.9 Å². The number of amides is 1. The molecule has 0 radical (unpaired) electrons. The highest BCUT2D eigenvalue weighted by molar-refractivity contribution is 6.41. The molecule has 4 rings (SSSR count). The highest BCUT2D eigenvalue weighted by atomic mass is 35.5. The van der Waals surface area contributed by atoms with E-state index in [-0.39, 0.29) is 45.1 Å². The van der Waals surface area contributed by atoms with Crippen molar-refractivity contribution in [3.63, 3.8) is 0 Å². The molecule has 12 heteroatoms. The second kappa shape index (κ2) is 10.7. The summed E-state index contributed by atoms with van der Waals surface area (Å²) in [5.41, 5.74) is 0.651. The van der Waals surface area contributed by atoms with E-state index < -0.39 is 0 Å². The SMILES string of the molecule is C=CC(=O)N[C@H]1CCOC[C@H]1Nc1ncc2cc(-c3c(Cl)c(OC)cc(OC)c3Cl)n(C)c(=O)c2n1. The molecule has 3 heterocycles. The van der Waals surface area contributed by atoms with Crippen molar-refractivity contribution >= 4 is 46.0 Å². The molecule has 1 aliphatic heterocycles. The van der Waals surface area contributed by atoms with Gasteiger partial charge in [-0.1, -0.05) is 29.8 Å². The van der Waals surface area contributed by atoms with Gasteiger partial charge >= 0.3 is 0 Å². The molecule has 0 spiro atoms. The number of rotatable bonds is 7. The monoisotopic (exact) mass is 533 g/mol. The fraction of sp³-hybridized carbons (Fsp3) is 0.333. The molecule has 1 aromatic carbocycles. The number of methoxy groups -OCH3 is 2. The second-order valence-corrected chi connectivity index (χ2v) is 8.86. The Morgan fingerprint density at radius 1 is 1.22 bits per heavy atom. The summed E-state index contributed by atoms with van der Waals surface area (Å²) in [6.45, 7) is 4.35. The molecule has 190 valence electrons. The summed E-state index contributed by atoms with van der Waals surface area (Å²) in [5.74, 6) is 0.661. The summed E-state index contributed by atoms with van der Waals surface area (Å²) in [7, 11) is 4.55. The Hall–Kier alpha value is -3.34. The Bertz CT molecular complexity index is 1370. The van der Waals surface area contributed by atoms with Crippen molar-refractivity contribution < 1.29 is 19.0 Å². The number of nitrogens with one attached hydrogen (secondary N) is 2. The third kappa shape index (κ3) is 4.84. The Morgan fingerprint density at radius 2 is 1.92 bits per heavy atom. The van der Waals surface area contributed by atoms with Gasteiger partial charge in [-0.25, -0.2) is 9.97 Å². The Balaban J connectivity index is 1.75. The van der Waals surface area contributed by atoms with Crippen LogP contribution in [0.4, 0.5) is 5.95 Å². The van der Waals surface area contributed by atoms with Crippen LogP contribution in [0.5, 0.6) is 11.5 Å². The van der Waals surface area contributed by atoms with E-state index in [4.69, 9.17) is 37.4 Å². The standard InChI is InChI=1S/C24H25Cl2N5O5/c1-5-18(32)28-13-6-7-36-11-14(13)29-24-27-10-12-8-15(31(2)23(33)22(12)30-24)19-20(25)16(34-3)9-17(35-4)21(19)26/h5,8-10,13-14H,1,6-7,11H2,2-4H3,(H,28,32)(H,27,29,30)/t13-,14+/m0/s1. The molecule has 0 bridgehead atoms. The highest BCUT2D eigenvalue weighted by Gasteiger charge is 2.28. The minimum absolute atomic E-state index is 0.198. The Kier molecular flexibility index (Phi) is 7.67. The van der Waals surface area contributed by atoms with Crippen molar-refractivity contribution in [3.05, 3.63) is 51.4 Å². The average molecular weight is 534 g/mol. The van der Waals surface area contributed by atoms with Crippen molar-refractivity contribution in [2.75, 3.05) is 32.8 Å². The number of carbonyl (C=O) groups is 1. The van der Waals surface area contributed by atoms with Crippen LogP contribution in [0, 0.1) is 0 Å². The lowest BCUT2D eigenvalue weighted by atomic mass is 10.0. The molecule has 1 fully saturated rings. The highest BCUT2D eigenvalue weighted by Crippen LogP contribution is 2.45. The summed E-state index contributed by atoms with van der Waals surface area (Å²) in [4.78, 5) is 34.0. The molecular weight excluding hydrogens is 509 g/mol. The molecule has 10 nitrogen and oxygen atoms in total. The van der Waals surface area contributed by atoms with Gasteiger partial charge in [0, 0.05) is 36.9 Å². The molecule has 1 aliphatic rings. The fourth-order valence-corrected chi connectivity index (χ4v) is 4.76. The number of benzene rings is 1. The molecule has 0 unspecified atom stereocenters. The second-order valence-electron chi connectivity index (χ2n) is 8.11. The van der Waals surface area contributed by atoms with Crippen molar-refractivity contribution in [2.24, 2.45) is 7.05 Å². The van der Waals surface area contributed by atoms with E-state index in [0.29, 0.717) is 47.8 Å². The molecule has 2 aromatic heterocycles. The topological polar surface area (TPSA) is 117 Å². The Labute approximate surface area is 217 Å². The smallest absolute Gasteiger partial charge is 0.277 e. The number of ether oxygens (including phenoxy) is 3. The van der Waals surface area contributed by atoms with E-state index in [1.165, 1.54) is 31.1 Å². The lowest BCUT2D eigenvalue weighted by Gasteiger charge is -2.32. The van der Waals surface area contributed by atoms with Gasteiger partial charge in [0.25, 0.3) is 5.56 Å². The summed E-state index contributed by atoms with van der Waals surface area (Å²) in [6, 6.07) is 2.81. The molecule has 3 aromatic rings. The first kappa shape index (κ1) is 25.7. The molecule has 36 heavy (non-hydrogen) atoms. The first-order chi connectivity index (χ1) is 17.3. The van der Waals surface area contributed by atoms with Gasteiger partial charge in [-0.3, -0.25) is 9.59 Å². The maximum Gasteiger partial charge on any atom is 0.277 e. The molecule has 0 aliphatic carbocycles. The van der Waals surface area contributed by atoms with Crippen LogP contribution in [-0.2, 0) is 16.6 Å². The molecule has 2 N–H and O–H groups in total. The van der Waals surface area contributed by atoms with E-state index in [1.807, 2.05) is 0 Å². The quantitative estimate of drug-likeness (QED) is 0.444. The van der Waals surface area contributed by atoms with Gasteiger partial charge in [0.1, 0.15) is 17.0 Å². The van der Waals surface area contributed by atoms with Gasteiger partial charge in [-0.15, -0.1) is 0 Å². The van der Waals surface area contributed by atoms with Crippen LogP contribution in [0.3, 0.4) is 0 Å². The number of nitrogens with zero attached hydrogens (tertiary/aromatic N) is 3. The lowest BCUT2D eigenvalue weighted by Crippen LogP contribution is -2.52. The Morgan fingerprint density at radius 3 is 2.56 bits per heavy atom. The largest absolute Gasteiger partial charge is 0.495 e. The fourth-order valence-electron chi connectivity index (χ4n) is 4.06. The van der Waals surface area contributed by atoms with E-state index in [9.17, 15) is 9.59 Å². The van der Waals surface area contributed by atoms with Crippen LogP contribution in [0.1, 0.15) is 6.42 Å². The predicted octanol–water partition coefficient (Wildman–Crippen LogP) is 3.19. The van der Waals surface area contributed by atoms with Crippen LogP contribution in [0.2, 0.25) is 10.0 Å². The number of hydrogen-bond acceptors (Lipinski definition) is 8. The van der Waals surface area contributed by atoms with Gasteiger partial charge in [-0.2, -0.15) is 0 Å². The minimum Gasteiger partial charge on any atom is -0.495 e. The lowest BCUT2D eigenvalue weighted by molar-refractivity contribution is -0.117. The van der Waals surface area contributed by atoms with Crippen LogP contribution in [0.15, 0.2) is 35.8 Å². The first-order valence-electron chi connectivity index (χ1n) is 11.0. The maximum absolute atomic E-state index is 13.4. The normalized spacial score (nSPS) is 17.5. The third-order valence-electron chi connectivity index (χ3n) is 5.99. The van der Waals surface area contributed by atoms with Crippen molar-refractivity contribution in [1.29, 1.82) is 0 Å². The van der Waals surface area contributed by atoms with Crippen molar-refractivity contribution in [3.8, 4) is 22.8 Å². The zero-order chi connectivity index (χ0) is 26.0. The molecule has 2 atom stereocenters. The van der Waals surface area contributed by atoms with Gasteiger partial charge in [0.2, 0.25) is 11.9 Å². The number of fused-ring (bicyclic) bond motifs is 1. The van der Waals surface area contributed by atoms with E-state index in [0.717, 1.165) is 0 Å². The molecule has 1 amide bonds. The number of aromatic nitrogens is 3. The van der Waals surface area contributed by atoms with Crippen molar-refractivity contribution in [2.45, 2.75) is 18.5 Å². The summed E-state index contributed by atoms with van der Waals surface area (Å²) < 4.78 is 17.7. The van der Waals surface area contributed by atoms with Crippen LogP contribution < -0.4 is 25.7 Å². The molecule has 0 saturated carbocycles. The number of pyridine rings is 1. The molecule has 1 saturated heterocycles. The predicted molar refractivity (Wildman–Crippen MR) is 138 cm³/mol. The number of carbonyl (C=O) groups excluding carboxylic acids is 1. The zero-order valence-electron chi connectivity index (χ0n) is 19.9. The van der Waals surface area contributed by atoms with Crippen LogP contribution in [-0.4, -0.2) is 60.0 Å². The van der Waals surface area contributed by atoms with E-state index in [2.05, 4.69) is 27.2 Å². The average Bonchev–Trinajstić information content (AvgIpc) is 2.88. The van der Waals surface area contributed by atoms with E-state index in [1.54, 1.807) is 19.2 Å². The summed E-state index contributed by atoms with van der Waals surface area (Å²) >= 11 is 13.2. The van der Waals surface area contributed by atoms with Crippen LogP contribution >= 0.6 is 23.2 Å². The van der Waals surface area contributed by atoms with Gasteiger partial charge < -0.3 is 29.4 Å². The van der Waals surface area contributed by atoms with Gasteiger partial charge in [-0.05, 0) is 18.6 Å². The summed E-state index contributed by atoms with van der Waals surface area (Å²) in [6.07, 6.45) is 3.37. The summed E-state index contributed by atoms with van der Waals surface area (Å²) in [5, 5.41) is 7.02.